The van der Waals surface area contributed by atoms with Gasteiger partial charge in [0.1, 0.15) is 5.41 Å². The van der Waals surface area contributed by atoms with Gasteiger partial charge in [-0.05, 0) is 12.5 Å². The van der Waals surface area contributed by atoms with E-state index < -0.39 is 10.3 Å². The van der Waals surface area contributed by atoms with E-state index >= 15 is 0 Å². The normalized spacial score (nSPS) is 14.0. The Balaban J connectivity index is 3.03. The fourth-order valence-electron chi connectivity index (χ4n) is 1.26. The van der Waals surface area contributed by atoms with E-state index in [1.165, 1.54) is 0 Å². The summed E-state index contributed by atoms with van der Waals surface area (Å²) < 4.78 is 0. The van der Waals surface area contributed by atoms with Crippen LogP contribution in [0.5, 0.6) is 0 Å². The van der Waals surface area contributed by atoms with Gasteiger partial charge in [-0.25, -0.2) is 0 Å². The van der Waals surface area contributed by atoms with Crippen molar-refractivity contribution >= 4 is 0 Å². The van der Waals surface area contributed by atoms with Gasteiger partial charge in [-0.15, -0.1) is 0 Å². The summed E-state index contributed by atoms with van der Waals surface area (Å²) in [4.78, 5) is 9.94. The van der Waals surface area contributed by atoms with Gasteiger partial charge in [-0.2, -0.15) is 5.26 Å². The molecule has 0 fully saturated rings. The van der Waals surface area contributed by atoms with Crippen molar-refractivity contribution in [2.75, 3.05) is 6.54 Å². The second-order valence-corrected chi connectivity index (χ2v) is 3.30. The first-order chi connectivity index (χ1) is 6.58. The number of rotatable bonds is 3. The molecule has 1 unspecified atom stereocenters. The molecule has 72 valence electrons. The van der Waals surface area contributed by atoms with E-state index in [0.717, 1.165) is 0 Å². The van der Waals surface area contributed by atoms with Gasteiger partial charge in [0.2, 0.25) is 6.54 Å². The van der Waals surface area contributed by atoms with Gasteiger partial charge in [0.15, 0.2) is 0 Å². The smallest absolute Gasteiger partial charge is 0.226 e. The quantitative estimate of drug-likeness (QED) is 0.538. The highest BCUT2D eigenvalue weighted by molar-refractivity contribution is 5.30. The number of nitrogens with zero attached hydrogens (tertiary/aromatic N) is 2. The molecule has 0 saturated carbocycles. The van der Waals surface area contributed by atoms with Crippen LogP contribution >= 0.6 is 0 Å². The third-order valence-corrected chi connectivity index (χ3v) is 2.10. The third-order valence-electron chi connectivity index (χ3n) is 2.10. The van der Waals surface area contributed by atoms with Crippen LogP contribution in [0.25, 0.3) is 0 Å². The fraction of sp³-hybridized carbons (Fsp3) is 0.300. The molecule has 1 aromatic rings. The van der Waals surface area contributed by atoms with Crippen LogP contribution in [0.3, 0.4) is 0 Å². The fourth-order valence-corrected chi connectivity index (χ4v) is 1.26. The van der Waals surface area contributed by atoms with Crippen LogP contribution in [0, 0.1) is 21.4 Å². The van der Waals surface area contributed by atoms with Crippen molar-refractivity contribution in [3.63, 3.8) is 0 Å². The van der Waals surface area contributed by atoms with Crippen molar-refractivity contribution in [3.05, 3.63) is 46.0 Å². The van der Waals surface area contributed by atoms with Crippen molar-refractivity contribution < 1.29 is 4.92 Å². The second-order valence-electron chi connectivity index (χ2n) is 3.30. The average molecular weight is 190 g/mol. The van der Waals surface area contributed by atoms with E-state index in [-0.39, 0.29) is 6.54 Å². The van der Waals surface area contributed by atoms with Crippen LogP contribution in [-0.2, 0) is 5.41 Å². The van der Waals surface area contributed by atoms with Crippen LogP contribution in [0.1, 0.15) is 12.5 Å². The summed E-state index contributed by atoms with van der Waals surface area (Å²) >= 11 is 0. The largest absolute Gasteiger partial charge is 0.264 e. The molecule has 4 heteroatoms. The monoisotopic (exact) mass is 190 g/mol. The standard InChI is InChI=1S/C10H10N2O2/c1-10(7-11,8-12(13)14)9-5-3-2-4-6-9/h2-6H,8H2,1H3. The SMILES string of the molecule is CC(C#N)(C[N+](=O)[O-])c1ccccc1. The maximum Gasteiger partial charge on any atom is 0.226 e. The maximum atomic E-state index is 10.4. The lowest BCUT2D eigenvalue weighted by molar-refractivity contribution is -0.487. The van der Waals surface area contributed by atoms with Gasteiger partial charge in [0.05, 0.1) is 6.07 Å². The molecule has 0 aliphatic carbocycles. The van der Waals surface area contributed by atoms with Gasteiger partial charge in [0.25, 0.3) is 0 Å². The maximum absolute atomic E-state index is 10.4. The number of hydrogen-bond donors (Lipinski definition) is 0. The number of benzene rings is 1. The van der Waals surface area contributed by atoms with E-state index in [0.29, 0.717) is 5.56 Å². The molecular weight excluding hydrogens is 180 g/mol. The molecule has 0 saturated heterocycles. The Morgan fingerprint density at radius 3 is 2.50 bits per heavy atom. The molecule has 0 aliphatic rings. The van der Waals surface area contributed by atoms with Gasteiger partial charge in [-0.3, -0.25) is 10.1 Å². The predicted molar refractivity (Wildman–Crippen MR) is 51.3 cm³/mol. The molecule has 0 heterocycles. The van der Waals surface area contributed by atoms with E-state index in [9.17, 15) is 10.1 Å². The molecule has 4 nitrogen and oxygen atoms in total. The molecular formula is C10H10N2O2. The third kappa shape index (κ3) is 2.07. The summed E-state index contributed by atoms with van der Waals surface area (Å²) in [5.41, 5.74) is -0.357. The van der Waals surface area contributed by atoms with Crippen LogP contribution in [-0.4, -0.2) is 11.5 Å². The highest BCUT2D eigenvalue weighted by atomic mass is 16.6. The van der Waals surface area contributed by atoms with Crippen LogP contribution in [0.4, 0.5) is 0 Å². The lowest BCUT2D eigenvalue weighted by atomic mass is 9.84. The van der Waals surface area contributed by atoms with E-state index in [2.05, 4.69) is 0 Å². The predicted octanol–water partition coefficient (Wildman–Crippen LogP) is 1.74. The molecule has 0 spiro atoms. The van der Waals surface area contributed by atoms with E-state index in [1.54, 1.807) is 31.2 Å². The van der Waals surface area contributed by atoms with E-state index in [4.69, 9.17) is 5.26 Å². The van der Waals surface area contributed by atoms with Crippen molar-refractivity contribution in [2.45, 2.75) is 12.3 Å². The first kappa shape index (κ1) is 10.2. The molecule has 0 aliphatic heterocycles. The minimum absolute atomic E-state index is 0.368. The molecule has 1 aromatic carbocycles. The Hall–Kier alpha value is -1.89. The molecule has 0 amide bonds. The van der Waals surface area contributed by atoms with Gasteiger partial charge >= 0.3 is 0 Å². The van der Waals surface area contributed by atoms with Crippen molar-refractivity contribution in [3.8, 4) is 6.07 Å². The highest BCUT2D eigenvalue weighted by Gasteiger charge is 2.32. The number of nitro groups is 1. The summed E-state index contributed by atoms with van der Waals surface area (Å²) in [7, 11) is 0. The first-order valence-corrected chi connectivity index (χ1v) is 4.17. The van der Waals surface area contributed by atoms with Crippen LogP contribution < -0.4 is 0 Å². The minimum atomic E-state index is -1.04. The minimum Gasteiger partial charge on any atom is -0.264 e. The zero-order chi connectivity index (χ0) is 10.6. The number of hydrogen-bond acceptors (Lipinski definition) is 3. The Labute approximate surface area is 81.9 Å². The van der Waals surface area contributed by atoms with Crippen LogP contribution in [0.15, 0.2) is 30.3 Å². The molecule has 0 bridgehead atoms. The summed E-state index contributed by atoms with van der Waals surface area (Å²) in [6.45, 7) is 1.21. The van der Waals surface area contributed by atoms with Crippen molar-refractivity contribution in [2.24, 2.45) is 0 Å². The molecule has 14 heavy (non-hydrogen) atoms. The van der Waals surface area contributed by atoms with Crippen LogP contribution in [0.2, 0.25) is 0 Å². The lowest BCUT2D eigenvalue weighted by Gasteiger charge is -2.16. The highest BCUT2D eigenvalue weighted by Crippen LogP contribution is 2.22. The van der Waals surface area contributed by atoms with Gasteiger partial charge in [0, 0.05) is 4.92 Å². The Morgan fingerprint density at radius 2 is 2.07 bits per heavy atom. The summed E-state index contributed by atoms with van der Waals surface area (Å²) in [5, 5.41) is 19.3. The lowest BCUT2D eigenvalue weighted by Crippen LogP contribution is -2.29. The zero-order valence-corrected chi connectivity index (χ0v) is 7.80. The molecule has 1 atom stereocenters. The molecule has 0 aromatic heterocycles. The van der Waals surface area contributed by atoms with Gasteiger partial charge in [-0.1, -0.05) is 30.3 Å². The summed E-state index contributed by atoms with van der Waals surface area (Å²) in [6.07, 6.45) is 0. The Morgan fingerprint density at radius 1 is 1.50 bits per heavy atom. The Bertz CT molecular complexity index is 369. The summed E-state index contributed by atoms with van der Waals surface area (Å²) in [6, 6.07) is 10.8. The van der Waals surface area contributed by atoms with Gasteiger partial charge < -0.3 is 0 Å². The molecule has 0 radical (unpaired) electrons. The molecule has 1 rings (SSSR count). The number of nitriles is 1. The van der Waals surface area contributed by atoms with Crippen molar-refractivity contribution in [1.29, 1.82) is 5.26 Å². The Kier molecular flexibility index (Phi) is 2.82. The van der Waals surface area contributed by atoms with E-state index in [1.807, 2.05) is 12.1 Å². The van der Waals surface area contributed by atoms with Crippen molar-refractivity contribution in [1.82, 2.24) is 0 Å². The topological polar surface area (TPSA) is 66.9 Å². The first-order valence-electron chi connectivity index (χ1n) is 4.17. The second kappa shape index (κ2) is 3.88. The zero-order valence-electron chi connectivity index (χ0n) is 7.80. The summed E-state index contributed by atoms with van der Waals surface area (Å²) in [5.74, 6) is 0. The average Bonchev–Trinajstić information content (AvgIpc) is 2.18. The molecule has 0 N–H and O–H groups in total.